The zero-order valence-corrected chi connectivity index (χ0v) is 16.2. The Morgan fingerprint density at radius 3 is 2.64 bits per heavy atom. The third-order valence-corrected chi connectivity index (χ3v) is 5.58. The van der Waals surface area contributed by atoms with Crippen molar-refractivity contribution in [2.75, 3.05) is 0 Å². The van der Waals surface area contributed by atoms with E-state index in [1.807, 2.05) is 48.5 Å². The molecule has 0 saturated carbocycles. The Bertz CT molecular complexity index is 1220. The number of aromatic nitrogens is 6. The number of hydrogen-bond donors (Lipinski definition) is 0. The fourth-order valence-electron chi connectivity index (χ4n) is 3.49. The topological polar surface area (TPSA) is 60.9 Å². The Morgan fingerprint density at radius 1 is 0.964 bits per heavy atom. The molecule has 0 spiro atoms. The summed E-state index contributed by atoms with van der Waals surface area (Å²) >= 11 is 1.59. The van der Waals surface area contributed by atoms with Crippen LogP contribution in [0.2, 0.25) is 0 Å². The standard InChI is InChI=1S/C21H18N6S/c1-2-18-17(14-26-11-9-23-20(26)21-24-10-12-28-21)25-19-4-3-16(13-27(18)19)15-5-7-22-8-6-15/h3-13H,2,14H2,1H3. The fourth-order valence-corrected chi connectivity index (χ4v) is 4.14. The van der Waals surface area contributed by atoms with E-state index in [1.54, 1.807) is 11.3 Å². The number of imidazole rings is 2. The van der Waals surface area contributed by atoms with Crippen molar-refractivity contribution < 1.29 is 0 Å². The van der Waals surface area contributed by atoms with Gasteiger partial charge in [-0.15, -0.1) is 11.3 Å². The van der Waals surface area contributed by atoms with Crippen LogP contribution in [0, 0.1) is 0 Å². The third-order valence-electron chi connectivity index (χ3n) is 4.81. The van der Waals surface area contributed by atoms with Crippen molar-refractivity contribution in [1.29, 1.82) is 0 Å². The summed E-state index contributed by atoms with van der Waals surface area (Å²) in [5, 5.41) is 2.89. The van der Waals surface area contributed by atoms with Gasteiger partial charge in [-0.25, -0.2) is 15.0 Å². The molecule has 6 nitrogen and oxygen atoms in total. The minimum absolute atomic E-state index is 0.671. The first-order valence-electron chi connectivity index (χ1n) is 9.14. The summed E-state index contributed by atoms with van der Waals surface area (Å²) < 4.78 is 4.31. The van der Waals surface area contributed by atoms with Gasteiger partial charge in [-0.3, -0.25) is 4.98 Å². The molecular formula is C21H18N6S. The van der Waals surface area contributed by atoms with Crippen molar-refractivity contribution in [3.8, 4) is 22.0 Å². The average Bonchev–Trinajstić information content (AvgIpc) is 3.47. The molecule has 5 aromatic heterocycles. The number of hydrogen-bond acceptors (Lipinski definition) is 5. The van der Waals surface area contributed by atoms with Crippen molar-refractivity contribution in [2.45, 2.75) is 19.9 Å². The molecular weight excluding hydrogens is 368 g/mol. The van der Waals surface area contributed by atoms with Gasteiger partial charge < -0.3 is 8.97 Å². The largest absolute Gasteiger partial charge is 0.323 e. The molecule has 0 atom stereocenters. The van der Waals surface area contributed by atoms with E-state index in [0.717, 1.165) is 39.7 Å². The predicted octanol–water partition coefficient (Wildman–Crippen LogP) is 4.33. The highest BCUT2D eigenvalue weighted by Gasteiger charge is 2.15. The summed E-state index contributed by atoms with van der Waals surface area (Å²) in [7, 11) is 0. The molecule has 0 unspecified atom stereocenters. The van der Waals surface area contributed by atoms with Gasteiger partial charge in [-0.05, 0) is 41.8 Å². The Morgan fingerprint density at radius 2 is 1.86 bits per heavy atom. The van der Waals surface area contributed by atoms with Gasteiger partial charge >= 0.3 is 0 Å². The van der Waals surface area contributed by atoms with Crippen LogP contribution in [0.25, 0.3) is 27.6 Å². The maximum atomic E-state index is 4.90. The first-order chi connectivity index (χ1) is 13.8. The monoisotopic (exact) mass is 386 g/mol. The Labute approximate surface area is 166 Å². The fraction of sp³-hybridized carbons (Fsp3) is 0.143. The van der Waals surface area contributed by atoms with Crippen LogP contribution in [-0.4, -0.2) is 28.9 Å². The highest BCUT2D eigenvalue weighted by Crippen LogP contribution is 2.24. The van der Waals surface area contributed by atoms with E-state index in [9.17, 15) is 0 Å². The van der Waals surface area contributed by atoms with Gasteiger partial charge in [0.1, 0.15) is 5.65 Å². The maximum Gasteiger partial charge on any atom is 0.169 e. The molecule has 0 fully saturated rings. The first-order valence-corrected chi connectivity index (χ1v) is 10.0. The molecule has 0 saturated heterocycles. The Kier molecular flexibility index (Phi) is 4.21. The lowest BCUT2D eigenvalue weighted by atomic mass is 10.1. The van der Waals surface area contributed by atoms with Crippen LogP contribution in [-0.2, 0) is 13.0 Å². The molecule has 0 radical (unpaired) electrons. The van der Waals surface area contributed by atoms with Crippen molar-refractivity contribution in [1.82, 2.24) is 28.9 Å². The van der Waals surface area contributed by atoms with Crippen molar-refractivity contribution in [3.63, 3.8) is 0 Å². The van der Waals surface area contributed by atoms with Gasteiger partial charge in [-0.2, -0.15) is 0 Å². The Hall–Kier alpha value is -3.32. The second-order valence-corrected chi connectivity index (χ2v) is 7.35. The first kappa shape index (κ1) is 16.8. The summed E-state index contributed by atoms with van der Waals surface area (Å²) in [5.74, 6) is 0.881. The van der Waals surface area contributed by atoms with Crippen molar-refractivity contribution in [3.05, 3.63) is 78.2 Å². The molecule has 0 aromatic carbocycles. The summed E-state index contributed by atoms with van der Waals surface area (Å²) in [6.07, 6.45) is 12.3. The third kappa shape index (κ3) is 2.90. The molecule has 5 heterocycles. The minimum Gasteiger partial charge on any atom is -0.323 e. The molecule has 0 aliphatic heterocycles. The molecule has 5 aromatic rings. The molecule has 0 amide bonds. The summed E-state index contributed by atoms with van der Waals surface area (Å²) in [5.41, 5.74) is 5.53. The molecule has 5 rings (SSSR count). The van der Waals surface area contributed by atoms with E-state index in [4.69, 9.17) is 4.98 Å². The zero-order chi connectivity index (χ0) is 18.9. The van der Waals surface area contributed by atoms with Crippen LogP contribution in [0.3, 0.4) is 0 Å². The van der Waals surface area contributed by atoms with Gasteiger partial charge in [0.05, 0.1) is 12.2 Å². The molecule has 7 heteroatoms. The van der Waals surface area contributed by atoms with Crippen LogP contribution >= 0.6 is 11.3 Å². The lowest BCUT2D eigenvalue weighted by molar-refractivity contribution is 0.772. The quantitative estimate of drug-likeness (QED) is 0.451. The number of nitrogens with zero attached hydrogens (tertiary/aromatic N) is 6. The number of thiazole rings is 1. The average molecular weight is 386 g/mol. The SMILES string of the molecule is CCc1c(Cn2ccnc2-c2nccs2)nc2ccc(-c3ccncc3)cn12. The van der Waals surface area contributed by atoms with E-state index >= 15 is 0 Å². The number of pyridine rings is 2. The van der Waals surface area contributed by atoms with Crippen molar-refractivity contribution in [2.24, 2.45) is 0 Å². The normalized spacial score (nSPS) is 11.3. The smallest absolute Gasteiger partial charge is 0.169 e. The van der Waals surface area contributed by atoms with Crippen LogP contribution in [0.5, 0.6) is 0 Å². The van der Waals surface area contributed by atoms with Crippen LogP contribution in [0.1, 0.15) is 18.3 Å². The lowest BCUT2D eigenvalue weighted by Crippen LogP contribution is -2.04. The molecule has 0 aliphatic rings. The van der Waals surface area contributed by atoms with Crippen molar-refractivity contribution >= 4 is 17.0 Å². The van der Waals surface area contributed by atoms with Gasteiger partial charge in [0.15, 0.2) is 10.8 Å². The molecule has 28 heavy (non-hydrogen) atoms. The molecule has 0 N–H and O–H groups in total. The Balaban J connectivity index is 1.57. The van der Waals surface area contributed by atoms with Gasteiger partial charge in [0, 0.05) is 48.3 Å². The zero-order valence-electron chi connectivity index (χ0n) is 15.4. The molecule has 138 valence electrons. The second kappa shape index (κ2) is 7.01. The van der Waals surface area contributed by atoms with Gasteiger partial charge in [0.25, 0.3) is 0 Å². The number of fused-ring (bicyclic) bond motifs is 1. The summed E-state index contributed by atoms with van der Waals surface area (Å²) in [6, 6.07) is 8.24. The van der Waals surface area contributed by atoms with E-state index in [1.165, 1.54) is 5.69 Å². The van der Waals surface area contributed by atoms with E-state index in [2.05, 4.69) is 49.2 Å². The van der Waals surface area contributed by atoms with E-state index < -0.39 is 0 Å². The van der Waals surface area contributed by atoms with Crippen LogP contribution in [0.4, 0.5) is 0 Å². The maximum absolute atomic E-state index is 4.90. The molecule has 0 aliphatic carbocycles. The number of rotatable bonds is 5. The van der Waals surface area contributed by atoms with Crippen LogP contribution < -0.4 is 0 Å². The highest BCUT2D eigenvalue weighted by atomic mass is 32.1. The summed E-state index contributed by atoms with van der Waals surface area (Å²) in [4.78, 5) is 17.9. The van der Waals surface area contributed by atoms with Gasteiger partial charge in [0.2, 0.25) is 0 Å². The van der Waals surface area contributed by atoms with E-state index in [-0.39, 0.29) is 0 Å². The van der Waals surface area contributed by atoms with Crippen LogP contribution in [0.15, 0.2) is 66.8 Å². The molecule has 0 bridgehead atoms. The number of aryl methyl sites for hydroxylation is 1. The predicted molar refractivity (Wildman–Crippen MR) is 110 cm³/mol. The van der Waals surface area contributed by atoms with E-state index in [0.29, 0.717) is 6.54 Å². The second-order valence-electron chi connectivity index (χ2n) is 6.46. The minimum atomic E-state index is 0.671. The van der Waals surface area contributed by atoms with Gasteiger partial charge in [-0.1, -0.05) is 6.92 Å². The lowest BCUT2D eigenvalue weighted by Gasteiger charge is -2.07. The summed E-state index contributed by atoms with van der Waals surface area (Å²) in [6.45, 7) is 2.84. The highest BCUT2D eigenvalue weighted by molar-refractivity contribution is 7.13.